The smallest absolute Gasteiger partial charge is 0.431 e. The molecular weight excluding hydrogens is 823 g/mol. The lowest BCUT2D eigenvalue weighted by Crippen LogP contribution is -2.50. The predicted octanol–water partition coefficient (Wildman–Crippen LogP) is 2.14. The van der Waals surface area contributed by atoms with Gasteiger partial charge in [0, 0.05) is 13.1 Å². The summed E-state index contributed by atoms with van der Waals surface area (Å²) in [6.07, 6.45) is 3.11. The van der Waals surface area contributed by atoms with Crippen LogP contribution in [0, 0.1) is 0 Å². The van der Waals surface area contributed by atoms with Crippen LogP contribution in [0.2, 0.25) is 0 Å². The first-order valence-electron chi connectivity index (χ1n) is 22.1. The van der Waals surface area contributed by atoms with Gasteiger partial charge in [0.05, 0.1) is 75.2 Å². The number of nitrogens with one attached hydrogen (secondary N) is 5. The number of unbranched alkanes of at least 4 members (excludes halogenated alkanes) is 1. The highest BCUT2D eigenvalue weighted by atomic mass is 16.7. The molecule has 20 heteroatoms. The third-order valence-corrected chi connectivity index (χ3v) is 9.22. The van der Waals surface area contributed by atoms with E-state index < -0.39 is 46.7 Å². The van der Waals surface area contributed by atoms with E-state index in [-0.39, 0.29) is 82.9 Å². The fraction of sp³-hybridized carbons (Fsp3) is 0.884. The second kappa shape index (κ2) is 31.6. The number of nitrogens with two attached hydrogens (primary N) is 2. The van der Waals surface area contributed by atoms with Gasteiger partial charge in [0.1, 0.15) is 24.9 Å². The lowest BCUT2D eigenvalue weighted by Gasteiger charge is -2.29. The number of carbonyl (C=O) groups is 5. The molecular formula is C43H85N7O13. The molecule has 1 unspecified atom stereocenters. The molecule has 0 heterocycles. The van der Waals surface area contributed by atoms with Gasteiger partial charge in [0.25, 0.3) is 0 Å². The Labute approximate surface area is 376 Å². The lowest BCUT2D eigenvalue weighted by atomic mass is 10.0. The van der Waals surface area contributed by atoms with E-state index in [4.69, 9.17) is 49.5 Å². The highest BCUT2D eigenvalue weighted by molar-refractivity contribution is 5.90. The van der Waals surface area contributed by atoms with Crippen LogP contribution in [0.3, 0.4) is 0 Å². The molecule has 0 aromatic carbocycles. The zero-order valence-electron chi connectivity index (χ0n) is 40.4. The number of hydrogen-bond donors (Lipinski definition) is 7. The molecule has 0 fully saturated rings. The van der Waals surface area contributed by atoms with E-state index in [9.17, 15) is 24.0 Å². The summed E-state index contributed by atoms with van der Waals surface area (Å²) in [5.41, 5.74) is 10.9. The van der Waals surface area contributed by atoms with Crippen molar-refractivity contribution in [3.05, 3.63) is 0 Å². The Morgan fingerprint density at radius 3 is 1.56 bits per heavy atom. The highest BCUT2D eigenvalue weighted by Gasteiger charge is 2.27. The minimum atomic E-state index is -0.962. The molecule has 0 aliphatic heterocycles. The number of carbonyl (C=O) groups excluding carboxylic acids is 5. The van der Waals surface area contributed by atoms with E-state index in [0.29, 0.717) is 65.0 Å². The molecule has 0 radical (unpaired) electrons. The maximum absolute atomic E-state index is 13.3. The molecule has 0 bridgehead atoms. The molecule has 0 aliphatic carbocycles. The van der Waals surface area contributed by atoms with Gasteiger partial charge in [-0.1, -0.05) is 0 Å². The van der Waals surface area contributed by atoms with Gasteiger partial charge in [-0.3, -0.25) is 24.0 Å². The molecule has 5 amide bonds. The van der Waals surface area contributed by atoms with Crippen molar-refractivity contribution in [1.29, 1.82) is 0 Å². The van der Waals surface area contributed by atoms with Gasteiger partial charge in [-0.15, -0.1) is 0 Å². The molecule has 1 atom stereocenters. The van der Waals surface area contributed by atoms with Crippen LogP contribution in [-0.2, 0) is 57.2 Å². The minimum absolute atomic E-state index is 0.113. The molecule has 0 saturated carbocycles. The topological polar surface area (TPSA) is 271 Å². The Hall–Kier alpha value is -3.21. The average molecular weight is 908 g/mol. The van der Waals surface area contributed by atoms with Crippen molar-refractivity contribution in [3.63, 3.8) is 0 Å². The van der Waals surface area contributed by atoms with Crippen molar-refractivity contribution in [2.75, 3.05) is 92.2 Å². The van der Waals surface area contributed by atoms with Crippen LogP contribution >= 0.6 is 0 Å². The number of hydroxylamine groups is 1. The minimum Gasteiger partial charge on any atom is -0.442 e. The van der Waals surface area contributed by atoms with E-state index in [2.05, 4.69) is 26.7 Å². The van der Waals surface area contributed by atoms with Crippen molar-refractivity contribution < 1.29 is 62.0 Å². The predicted molar refractivity (Wildman–Crippen MR) is 238 cm³/mol. The van der Waals surface area contributed by atoms with Gasteiger partial charge >= 0.3 is 6.09 Å². The van der Waals surface area contributed by atoms with Crippen molar-refractivity contribution in [2.45, 2.75) is 155 Å². The molecule has 0 rings (SSSR count). The van der Waals surface area contributed by atoms with Gasteiger partial charge in [-0.2, -0.15) is 5.48 Å². The molecule has 0 aromatic heterocycles. The van der Waals surface area contributed by atoms with Crippen LogP contribution in [0.5, 0.6) is 0 Å². The first-order valence-corrected chi connectivity index (χ1v) is 22.1. The Morgan fingerprint density at radius 2 is 1.02 bits per heavy atom. The molecule has 0 aromatic rings. The summed E-state index contributed by atoms with van der Waals surface area (Å²) in [4.78, 5) is 67.9. The summed E-state index contributed by atoms with van der Waals surface area (Å²) in [6.45, 7) is 23.4. The number of rotatable bonds is 37. The molecule has 20 nitrogen and oxygen atoms in total. The maximum Gasteiger partial charge on any atom is 0.431 e. The normalized spacial score (nSPS) is 13.0. The van der Waals surface area contributed by atoms with Crippen molar-refractivity contribution in [2.24, 2.45) is 11.5 Å². The van der Waals surface area contributed by atoms with E-state index in [1.54, 1.807) is 20.8 Å². The van der Waals surface area contributed by atoms with Crippen molar-refractivity contribution in [1.82, 2.24) is 26.7 Å². The van der Waals surface area contributed by atoms with Crippen LogP contribution in [0.25, 0.3) is 0 Å². The molecule has 0 aliphatic rings. The van der Waals surface area contributed by atoms with Gasteiger partial charge in [-0.25, -0.2) is 4.79 Å². The molecule has 0 saturated heterocycles. The van der Waals surface area contributed by atoms with Crippen LogP contribution in [0.15, 0.2) is 0 Å². The Balaban J connectivity index is 4.86. The van der Waals surface area contributed by atoms with Crippen LogP contribution < -0.4 is 38.2 Å². The monoisotopic (exact) mass is 908 g/mol. The molecule has 370 valence electrons. The summed E-state index contributed by atoms with van der Waals surface area (Å²) in [6, 6.07) is -0.962. The standard InChI is InChI=1S/C43H85N7O13/c1-39(2,3)63-38(55)50-62-29-28-57-27-26-56-25-22-47-34(51)30-48-37(54)33(49-36(53)32-61-43(10,11)18-24-59-41(6,7)16-20-45)14-12-13-21-46-35(52)31-60-42(8,9)17-23-58-40(4,5)15-19-44/h33H,12-32,44-45H2,1-11H3,(H,46,52)(H,47,51)(H,48,54)(H,49,53)(H,50,55). The lowest BCUT2D eigenvalue weighted by molar-refractivity contribution is -0.137. The summed E-state index contributed by atoms with van der Waals surface area (Å²) in [5.74, 6) is -1.75. The zero-order chi connectivity index (χ0) is 48.0. The Morgan fingerprint density at radius 1 is 0.524 bits per heavy atom. The van der Waals surface area contributed by atoms with Crippen molar-refractivity contribution in [3.8, 4) is 0 Å². The van der Waals surface area contributed by atoms with Gasteiger partial charge in [0.2, 0.25) is 23.6 Å². The van der Waals surface area contributed by atoms with Gasteiger partial charge in [-0.05, 0) is 134 Å². The van der Waals surface area contributed by atoms with Crippen LogP contribution in [-0.4, -0.2) is 156 Å². The summed E-state index contributed by atoms with van der Waals surface area (Å²) in [7, 11) is 0. The third-order valence-electron chi connectivity index (χ3n) is 9.22. The number of hydrogen-bond acceptors (Lipinski definition) is 15. The van der Waals surface area contributed by atoms with Gasteiger partial charge in [0.15, 0.2) is 0 Å². The third kappa shape index (κ3) is 35.8. The van der Waals surface area contributed by atoms with E-state index in [1.807, 2.05) is 55.4 Å². The van der Waals surface area contributed by atoms with Crippen LogP contribution in [0.4, 0.5) is 4.79 Å². The number of ether oxygens (including phenoxy) is 7. The number of amides is 5. The van der Waals surface area contributed by atoms with E-state index in [0.717, 1.165) is 6.42 Å². The Kier molecular flexibility index (Phi) is 30.0. The average Bonchev–Trinajstić information content (AvgIpc) is 3.15. The van der Waals surface area contributed by atoms with E-state index >= 15 is 0 Å². The molecule has 9 N–H and O–H groups in total. The molecule has 63 heavy (non-hydrogen) atoms. The van der Waals surface area contributed by atoms with Crippen molar-refractivity contribution >= 4 is 29.7 Å². The molecule has 0 spiro atoms. The SMILES string of the molecule is CC(C)(C)OC(=O)NOCCOCCOCCNC(=O)CNC(=O)C(CCCCNC(=O)COC(C)(C)CCOC(C)(C)CCN)NC(=O)COC(C)(C)CCOC(C)(C)CCN. The quantitative estimate of drug-likeness (QED) is 0.0348. The summed E-state index contributed by atoms with van der Waals surface area (Å²) < 4.78 is 39.5. The first-order chi connectivity index (χ1) is 29.3. The maximum atomic E-state index is 13.3. The first kappa shape index (κ1) is 59.8. The fourth-order valence-corrected chi connectivity index (χ4v) is 5.36. The fourth-order valence-electron chi connectivity index (χ4n) is 5.36. The second-order valence-corrected chi connectivity index (χ2v) is 18.6. The van der Waals surface area contributed by atoms with Gasteiger partial charge < -0.3 is 65.9 Å². The second-order valence-electron chi connectivity index (χ2n) is 18.6. The Bertz CT molecular complexity index is 1310. The summed E-state index contributed by atoms with van der Waals surface area (Å²) in [5, 5.41) is 10.8. The highest BCUT2D eigenvalue weighted by Crippen LogP contribution is 2.20. The zero-order valence-corrected chi connectivity index (χ0v) is 40.4. The van der Waals surface area contributed by atoms with E-state index in [1.165, 1.54) is 0 Å². The largest absolute Gasteiger partial charge is 0.442 e. The summed E-state index contributed by atoms with van der Waals surface area (Å²) >= 11 is 0. The van der Waals surface area contributed by atoms with Crippen LogP contribution in [0.1, 0.15) is 121 Å².